The summed E-state index contributed by atoms with van der Waals surface area (Å²) in [6.45, 7) is 1.27. The van der Waals surface area contributed by atoms with Crippen molar-refractivity contribution in [1.82, 2.24) is 9.97 Å². The summed E-state index contributed by atoms with van der Waals surface area (Å²) >= 11 is 6.07. The van der Waals surface area contributed by atoms with Crippen LogP contribution in [-0.2, 0) is 14.3 Å². The van der Waals surface area contributed by atoms with Crippen molar-refractivity contribution in [3.05, 3.63) is 34.6 Å². The summed E-state index contributed by atoms with van der Waals surface area (Å²) in [5.41, 5.74) is 6.03. The number of carbonyl (C=O) groups excluding carboxylic acids is 1. The predicted octanol–water partition coefficient (Wildman–Crippen LogP) is 2.09. The number of allylic oxidation sites excluding steroid dienone is 2. The SMILES string of the molecule is CNc1nc(NC2=CC=C(C(N)=O)CC2(OC)C2CCCOC2)ncc1Cl. The first-order valence-electron chi connectivity index (χ1n) is 8.81. The lowest BCUT2D eigenvalue weighted by molar-refractivity contribution is -0.116. The average molecular weight is 394 g/mol. The minimum absolute atomic E-state index is 0.0640. The summed E-state index contributed by atoms with van der Waals surface area (Å²) in [4.78, 5) is 20.4. The molecule has 3 rings (SSSR count). The van der Waals surface area contributed by atoms with E-state index in [4.69, 9.17) is 26.8 Å². The molecule has 27 heavy (non-hydrogen) atoms. The quantitative estimate of drug-likeness (QED) is 0.678. The molecule has 1 aromatic heterocycles. The molecule has 146 valence electrons. The van der Waals surface area contributed by atoms with E-state index in [0.29, 0.717) is 35.4 Å². The van der Waals surface area contributed by atoms with Gasteiger partial charge in [-0.2, -0.15) is 4.98 Å². The van der Waals surface area contributed by atoms with Crippen molar-refractivity contribution in [2.75, 3.05) is 38.0 Å². The Bertz CT molecular complexity index is 776. The molecule has 1 saturated heterocycles. The zero-order valence-electron chi connectivity index (χ0n) is 15.4. The van der Waals surface area contributed by atoms with Crippen LogP contribution < -0.4 is 16.4 Å². The Kier molecular flexibility index (Phi) is 5.98. The highest BCUT2D eigenvalue weighted by molar-refractivity contribution is 6.32. The van der Waals surface area contributed by atoms with Gasteiger partial charge in [-0.25, -0.2) is 4.98 Å². The van der Waals surface area contributed by atoms with E-state index in [0.717, 1.165) is 25.1 Å². The number of nitrogens with two attached hydrogens (primary N) is 1. The molecule has 2 atom stereocenters. The van der Waals surface area contributed by atoms with Crippen LogP contribution in [0.25, 0.3) is 0 Å². The van der Waals surface area contributed by atoms with Crippen LogP contribution in [0.1, 0.15) is 19.3 Å². The molecule has 0 aromatic carbocycles. The summed E-state index contributed by atoms with van der Waals surface area (Å²) < 4.78 is 11.7. The number of nitrogens with one attached hydrogen (secondary N) is 2. The van der Waals surface area contributed by atoms with E-state index in [1.807, 2.05) is 0 Å². The normalized spacial score (nSPS) is 25.4. The molecule has 0 saturated carbocycles. The molecule has 1 fully saturated rings. The van der Waals surface area contributed by atoms with Crippen molar-refractivity contribution in [3.63, 3.8) is 0 Å². The third kappa shape index (κ3) is 3.92. The van der Waals surface area contributed by atoms with Gasteiger partial charge in [0.15, 0.2) is 0 Å². The molecular formula is C18H24ClN5O3. The van der Waals surface area contributed by atoms with Crippen molar-refractivity contribution >= 4 is 29.3 Å². The second-order valence-corrected chi connectivity index (χ2v) is 6.99. The van der Waals surface area contributed by atoms with E-state index in [1.54, 1.807) is 26.3 Å². The van der Waals surface area contributed by atoms with Crippen molar-refractivity contribution < 1.29 is 14.3 Å². The lowest BCUT2D eigenvalue weighted by Crippen LogP contribution is -2.49. The van der Waals surface area contributed by atoms with Crippen LogP contribution in [0, 0.1) is 5.92 Å². The highest BCUT2D eigenvalue weighted by Gasteiger charge is 2.46. The monoisotopic (exact) mass is 393 g/mol. The maximum atomic E-state index is 11.8. The first-order valence-corrected chi connectivity index (χ1v) is 9.19. The van der Waals surface area contributed by atoms with E-state index in [1.165, 1.54) is 6.20 Å². The zero-order chi connectivity index (χ0) is 19.4. The van der Waals surface area contributed by atoms with Gasteiger partial charge in [-0.1, -0.05) is 17.7 Å². The number of anilines is 2. The molecule has 0 bridgehead atoms. The van der Waals surface area contributed by atoms with Gasteiger partial charge in [0.05, 0.1) is 18.5 Å². The molecule has 1 amide bonds. The van der Waals surface area contributed by atoms with Crippen molar-refractivity contribution in [1.29, 1.82) is 0 Å². The lowest BCUT2D eigenvalue weighted by Gasteiger charge is -2.44. The first-order chi connectivity index (χ1) is 13.0. The molecule has 1 aliphatic heterocycles. The number of amides is 1. The second-order valence-electron chi connectivity index (χ2n) is 6.59. The fraction of sp³-hybridized carbons (Fsp3) is 0.500. The standard InChI is InChI=1S/C18H24ClN5O3/c1-21-16-13(19)9-22-17(24-16)23-14-6-5-11(15(20)25)8-18(14,26-2)12-4-3-7-27-10-12/h5-6,9,12H,3-4,7-8,10H2,1-2H3,(H2,20,25)(H2,21,22,23,24). The van der Waals surface area contributed by atoms with Crippen LogP contribution in [0.2, 0.25) is 5.02 Å². The largest absolute Gasteiger partial charge is 0.381 e. The first kappa shape index (κ1) is 19.6. The molecule has 2 unspecified atom stereocenters. The predicted molar refractivity (Wildman–Crippen MR) is 103 cm³/mol. The Hall–Kier alpha value is -2.16. The number of methoxy groups -OCH3 is 1. The maximum absolute atomic E-state index is 11.8. The highest BCUT2D eigenvalue weighted by atomic mass is 35.5. The van der Waals surface area contributed by atoms with Gasteiger partial charge in [-0.05, 0) is 18.9 Å². The van der Waals surface area contributed by atoms with Gasteiger partial charge in [0, 0.05) is 38.7 Å². The van der Waals surface area contributed by atoms with Crippen molar-refractivity contribution in [3.8, 4) is 0 Å². The average Bonchev–Trinajstić information content (AvgIpc) is 2.70. The summed E-state index contributed by atoms with van der Waals surface area (Å²) in [5.74, 6) is 0.504. The van der Waals surface area contributed by atoms with Gasteiger partial charge in [0.1, 0.15) is 16.4 Å². The van der Waals surface area contributed by atoms with Gasteiger partial charge < -0.3 is 25.8 Å². The second kappa shape index (κ2) is 8.24. The Morgan fingerprint density at radius 2 is 2.30 bits per heavy atom. The summed E-state index contributed by atoms with van der Waals surface area (Å²) in [6.07, 6.45) is 7.24. The van der Waals surface area contributed by atoms with Crippen molar-refractivity contribution in [2.24, 2.45) is 11.7 Å². The van der Waals surface area contributed by atoms with E-state index in [-0.39, 0.29) is 5.92 Å². The fourth-order valence-corrected chi connectivity index (χ4v) is 3.81. The third-order valence-corrected chi connectivity index (χ3v) is 5.36. The number of primary amides is 1. The summed E-state index contributed by atoms with van der Waals surface area (Å²) in [5, 5.41) is 6.60. The number of carbonyl (C=O) groups is 1. The van der Waals surface area contributed by atoms with Crippen LogP contribution >= 0.6 is 11.6 Å². The Morgan fingerprint density at radius 1 is 1.48 bits per heavy atom. The number of hydrogen-bond donors (Lipinski definition) is 3. The molecule has 8 nitrogen and oxygen atoms in total. The number of ether oxygens (including phenoxy) is 2. The number of aromatic nitrogens is 2. The Morgan fingerprint density at radius 3 is 2.93 bits per heavy atom. The third-order valence-electron chi connectivity index (χ3n) is 5.09. The molecule has 2 aliphatic rings. The van der Waals surface area contributed by atoms with Gasteiger partial charge in [-0.15, -0.1) is 0 Å². The van der Waals surface area contributed by atoms with Gasteiger partial charge in [-0.3, -0.25) is 4.79 Å². The van der Waals surface area contributed by atoms with E-state index in [9.17, 15) is 4.79 Å². The number of nitrogens with zero attached hydrogens (tertiary/aromatic N) is 2. The molecule has 4 N–H and O–H groups in total. The molecule has 0 radical (unpaired) electrons. The molecule has 1 aliphatic carbocycles. The van der Waals surface area contributed by atoms with Crippen LogP contribution in [-0.4, -0.2) is 48.8 Å². The number of halogens is 1. The smallest absolute Gasteiger partial charge is 0.244 e. The van der Waals surface area contributed by atoms with Crippen LogP contribution in [0.5, 0.6) is 0 Å². The molecule has 9 heteroatoms. The molecular weight excluding hydrogens is 370 g/mol. The maximum Gasteiger partial charge on any atom is 0.244 e. The fourth-order valence-electron chi connectivity index (χ4n) is 3.62. The van der Waals surface area contributed by atoms with E-state index < -0.39 is 11.5 Å². The lowest BCUT2D eigenvalue weighted by atomic mass is 9.74. The molecule has 1 aromatic rings. The Balaban J connectivity index is 1.98. The minimum atomic E-state index is -0.775. The number of rotatable bonds is 6. The molecule has 2 heterocycles. The minimum Gasteiger partial charge on any atom is -0.381 e. The van der Waals surface area contributed by atoms with Gasteiger partial charge in [0.2, 0.25) is 11.9 Å². The topological polar surface area (TPSA) is 111 Å². The van der Waals surface area contributed by atoms with Gasteiger partial charge >= 0.3 is 0 Å². The van der Waals surface area contributed by atoms with Crippen molar-refractivity contribution in [2.45, 2.75) is 24.9 Å². The zero-order valence-corrected chi connectivity index (χ0v) is 16.2. The van der Waals surface area contributed by atoms with Gasteiger partial charge in [0.25, 0.3) is 0 Å². The van der Waals surface area contributed by atoms with E-state index >= 15 is 0 Å². The van der Waals surface area contributed by atoms with E-state index in [2.05, 4.69) is 20.6 Å². The summed E-state index contributed by atoms with van der Waals surface area (Å²) in [6, 6.07) is 0. The molecule has 0 spiro atoms. The van der Waals surface area contributed by atoms with Crippen LogP contribution in [0.15, 0.2) is 29.6 Å². The highest BCUT2D eigenvalue weighted by Crippen LogP contribution is 2.42. The number of hydrogen-bond acceptors (Lipinski definition) is 7. The van der Waals surface area contributed by atoms with Crippen LogP contribution in [0.3, 0.4) is 0 Å². The summed E-state index contributed by atoms with van der Waals surface area (Å²) in [7, 11) is 3.37. The van der Waals surface area contributed by atoms with Crippen LogP contribution in [0.4, 0.5) is 11.8 Å². The Labute approximate surface area is 163 Å².